The minimum absolute atomic E-state index is 0.292. The summed E-state index contributed by atoms with van der Waals surface area (Å²) in [7, 11) is 0. The lowest BCUT2D eigenvalue weighted by molar-refractivity contribution is 0.173. The fourth-order valence-electron chi connectivity index (χ4n) is 2.45. The molecule has 5 heteroatoms. The first-order valence-electron chi connectivity index (χ1n) is 7.16. The van der Waals surface area contributed by atoms with Crippen LogP contribution in [0.2, 0.25) is 0 Å². The number of aliphatic imine (C=N–C) groups is 1. The largest absolute Gasteiger partial charge is 0.454 e. The van der Waals surface area contributed by atoms with Gasteiger partial charge in [0.25, 0.3) is 0 Å². The van der Waals surface area contributed by atoms with Gasteiger partial charge in [-0.2, -0.15) is 0 Å². The zero-order valence-corrected chi connectivity index (χ0v) is 12.0. The van der Waals surface area contributed by atoms with Gasteiger partial charge in [0.05, 0.1) is 0 Å². The summed E-state index contributed by atoms with van der Waals surface area (Å²) < 4.78 is 21.3. The van der Waals surface area contributed by atoms with Crippen LogP contribution in [0.3, 0.4) is 0 Å². The third-order valence-electron chi connectivity index (χ3n) is 3.60. The van der Waals surface area contributed by atoms with Crippen LogP contribution in [0.1, 0.15) is 11.1 Å². The van der Waals surface area contributed by atoms with Gasteiger partial charge in [0.15, 0.2) is 23.0 Å². The predicted octanol–water partition coefficient (Wildman–Crippen LogP) is 2.81. The second-order valence-corrected chi connectivity index (χ2v) is 5.09. The number of benzene rings is 2. The Morgan fingerprint density at radius 1 is 0.818 bits per heavy atom. The van der Waals surface area contributed by atoms with E-state index >= 15 is 0 Å². The molecular formula is C17H15NO4. The molecule has 2 aliphatic rings. The first kappa shape index (κ1) is 13.0. The Hall–Kier alpha value is -2.69. The van der Waals surface area contributed by atoms with Crippen LogP contribution in [0.25, 0.3) is 0 Å². The van der Waals surface area contributed by atoms with Gasteiger partial charge >= 0.3 is 0 Å². The maximum atomic E-state index is 5.37. The fourth-order valence-corrected chi connectivity index (χ4v) is 2.45. The van der Waals surface area contributed by atoms with Crippen LogP contribution in [0, 0.1) is 0 Å². The Kier molecular flexibility index (Phi) is 3.31. The van der Waals surface area contributed by atoms with E-state index in [4.69, 9.17) is 18.9 Å². The van der Waals surface area contributed by atoms with E-state index in [1.54, 1.807) is 0 Å². The average molecular weight is 297 g/mol. The van der Waals surface area contributed by atoms with Gasteiger partial charge in [0.2, 0.25) is 13.6 Å². The maximum Gasteiger partial charge on any atom is 0.231 e. The lowest BCUT2D eigenvalue weighted by Gasteiger charge is -2.01. The molecular weight excluding hydrogens is 282 g/mol. The highest BCUT2D eigenvalue weighted by molar-refractivity contribution is 5.81. The number of hydrogen-bond acceptors (Lipinski definition) is 5. The molecule has 0 amide bonds. The predicted molar refractivity (Wildman–Crippen MR) is 81.3 cm³/mol. The van der Waals surface area contributed by atoms with Crippen molar-refractivity contribution in [1.82, 2.24) is 0 Å². The fraction of sp³-hybridized carbons (Fsp3) is 0.235. The van der Waals surface area contributed by atoms with Crippen molar-refractivity contribution in [2.75, 3.05) is 20.1 Å². The van der Waals surface area contributed by atoms with Crippen molar-refractivity contribution in [3.63, 3.8) is 0 Å². The van der Waals surface area contributed by atoms with Crippen LogP contribution in [0.4, 0.5) is 0 Å². The minimum atomic E-state index is 0.292. The van der Waals surface area contributed by atoms with Crippen LogP contribution >= 0.6 is 0 Å². The van der Waals surface area contributed by atoms with Gasteiger partial charge in [-0.3, -0.25) is 4.99 Å². The third kappa shape index (κ3) is 2.57. The zero-order valence-electron chi connectivity index (χ0n) is 12.0. The number of rotatable bonds is 4. The molecule has 2 aromatic rings. The van der Waals surface area contributed by atoms with Crippen molar-refractivity contribution in [2.24, 2.45) is 4.99 Å². The molecule has 0 unspecified atom stereocenters. The van der Waals surface area contributed by atoms with Gasteiger partial charge in [-0.25, -0.2) is 0 Å². The Morgan fingerprint density at radius 3 is 2.32 bits per heavy atom. The summed E-state index contributed by atoms with van der Waals surface area (Å²) in [6.07, 6.45) is 2.71. The highest BCUT2D eigenvalue weighted by Crippen LogP contribution is 2.33. The molecule has 0 aliphatic carbocycles. The van der Waals surface area contributed by atoms with Crippen LogP contribution < -0.4 is 18.9 Å². The Bertz CT molecular complexity index is 727. The highest BCUT2D eigenvalue weighted by atomic mass is 16.7. The van der Waals surface area contributed by atoms with E-state index in [1.165, 1.54) is 5.56 Å². The molecule has 0 fully saturated rings. The average Bonchev–Trinajstić information content (AvgIpc) is 3.19. The Labute approximate surface area is 128 Å². The molecule has 0 spiro atoms. The van der Waals surface area contributed by atoms with Crippen molar-refractivity contribution in [1.29, 1.82) is 0 Å². The van der Waals surface area contributed by atoms with Gasteiger partial charge in [0, 0.05) is 12.8 Å². The van der Waals surface area contributed by atoms with E-state index in [0.717, 1.165) is 35.0 Å². The van der Waals surface area contributed by atoms with Crippen molar-refractivity contribution in [3.8, 4) is 23.0 Å². The summed E-state index contributed by atoms with van der Waals surface area (Å²) in [5, 5.41) is 0. The molecule has 2 aromatic carbocycles. The Balaban J connectivity index is 1.36. The summed E-state index contributed by atoms with van der Waals surface area (Å²) in [5.41, 5.74) is 2.20. The zero-order chi connectivity index (χ0) is 14.8. The molecule has 2 heterocycles. The van der Waals surface area contributed by atoms with E-state index < -0.39 is 0 Å². The van der Waals surface area contributed by atoms with Gasteiger partial charge in [-0.1, -0.05) is 6.07 Å². The van der Waals surface area contributed by atoms with E-state index in [2.05, 4.69) is 4.99 Å². The molecule has 0 saturated carbocycles. The summed E-state index contributed by atoms with van der Waals surface area (Å²) in [4.78, 5) is 4.46. The number of fused-ring (bicyclic) bond motifs is 2. The Morgan fingerprint density at radius 2 is 1.50 bits per heavy atom. The topological polar surface area (TPSA) is 49.3 Å². The van der Waals surface area contributed by atoms with Gasteiger partial charge in [-0.05, 0) is 47.9 Å². The van der Waals surface area contributed by atoms with E-state index in [-0.39, 0.29) is 0 Å². The second kappa shape index (κ2) is 5.60. The summed E-state index contributed by atoms with van der Waals surface area (Å²) in [5.74, 6) is 3.20. The van der Waals surface area contributed by atoms with Crippen LogP contribution in [0.5, 0.6) is 23.0 Å². The van der Waals surface area contributed by atoms with Crippen molar-refractivity contribution in [3.05, 3.63) is 47.5 Å². The molecule has 0 atom stereocenters. The molecule has 22 heavy (non-hydrogen) atoms. The van der Waals surface area contributed by atoms with Crippen LogP contribution in [-0.4, -0.2) is 26.3 Å². The molecule has 112 valence electrons. The highest BCUT2D eigenvalue weighted by Gasteiger charge is 2.13. The molecule has 0 N–H and O–H groups in total. The smallest absolute Gasteiger partial charge is 0.231 e. The molecule has 5 nitrogen and oxygen atoms in total. The standard InChI is InChI=1S/C17H15NO4/c1-3-14-16(21-10-19-14)7-12(1)5-6-18-9-13-2-4-15-17(8-13)22-11-20-15/h1-4,7-9H,5-6,10-11H2. The minimum Gasteiger partial charge on any atom is -0.454 e. The molecule has 0 saturated heterocycles. The van der Waals surface area contributed by atoms with Gasteiger partial charge < -0.3 is 18.9 Å². The van der Waals surface area contributed by atoms with Crippen molar-refractivity contribution >= 4 is 6.21 Å². The number of ether oxygens (including phenoxy) is 4. The molecule has 4 rings (SSSR count). The molecule has 0 aromatic heterocycles. The summed E-state index contributed by atoms with van der Waals surface area (Å²) in [6, 6.07) is 11.8. The van der Waals surface area contributed by atoms with E-state index in [1.807, 2.05) is 42.6 Å². The van der Waals surface area contributed by atoms with Crippen molar-refractivity contribution in [2.45, 2.75) is 6.42 Å². The molecule has 0 radical (unpaired) electrons. The second-order valence-electron chi connectivity index (χ2n) is 5.09. The first-order valence-corrected chi connectivity index (χ1v) is 7.16. The molecule has 2 aliphatic heterocycles. The first-order chi connectivity index (χ1) is 10.9. The summed E-state index contributed by atoms with van der Waals surface area (Å²) in [6.45, 7) is 1.31. The van der Waals surface area contributed by atoms with E-state index in [0.29, 0.717) is 20.1 Å². The number of hydrogen-bond donors (Lipinski definition) is 0. The lowest BCUT2D eigenvalue weighted by atomic mass is 10.1. The third-order valence-corrected chi connectivity index (χ3v) is 3.60. The van der Waals surface area contributed by atoms with E-state index in [9.17, 15) is 0 Å². The number of nitrogens with zero attached hydrogens (tertiary/aromatic N) is 1. The van der Waals surface area contributed by atoms with Gasteiger partial charge in [-0.15, -0.1) is 0 Å². The van der Waals surface area contributed by atoms with Crippen molar-refractivity contribution < 1.29 is 18.9 Å². The monoisotopic (exact) mass is 297 g/mol. The maximum absolute atomic E-state index is 5.37. The van der Waals surface area contributed by atoms with Gasteiger partial charge in [0.1, 0.15) is 0 Å². The normalized spacial score (nSPS) is 14.7. The quantitative estimate of drug-likeness (QED) is 0.814. The van der Waals surface area contributed by atoms with Crippen LogP contribution in [0.15, 0.2) is 41.4 Å². The van der Waals surface area contributed by atoms with Crippen LogP contribution in [-0.2, 0) is 6.42 Å². The lowest BCUT2D eigenvalue weighted by Crippen LogP contribution is -1.93. The SMILES string of the molecule is C(=NCCc1ccc2c(c1)OCO2)c1ccc2c(c1)OCO2. The summed E-state index contributed by atoms with van der Waals surface area (Å²) >= 11 is 0. The molecule has 0 bridgehead atoms.